The van der Waals surface area contributed by atoms with Gasteiger partial charge in [-0.25, -0.2) is 0 Å². The van der Waals surface area contributed by atoms with E-state index in [2.05, 4.69) is 21.9 Å². The van der Waals surface area contributed by atoms with Crippen LogP contribution in [-0.4, -0.2) is 55.4 Å². The molecule has 0 bridgehead atoms. The van der Waals surface area contributed by atoms with Crippen molar-refractivity contribution < 1.29 is 23.0 Å². The maximum absolute atomic E-state index is 12.5. The van der Waals surface area contributed by atoms with Crippen LogP contribution in [0.4, 0.5) is 13.2 Å². The lowest BCUT2D eigenvalue weighted by Gasteiger charge is -2.14. The highest BCUT2D eigenvalue weighted by Crippen LogP contribution is 2.30. The van der Waals surface area contributed by atoms with E-state index in [1.165, 1.54) is 12.1 Å². The van der Waals surface area contributed by atoms with Gasteiger partial charge < -0.3 is 20.5 Å². The quantitative estimate of drug-likeness (QED) is 0.174. The topological polar surface area (TPSA) is 65.9 Å². The number of aliphatic hydroxyl groups is 1. The Bertz CT molecular complexity index is 560. The van der Waals surface area contributed by atoms with Crippen molar-refractivity contribution in [2.45, 2.75) is 32.0 Å². The zero-order valence-corrected chi connectivity index (χ0v) is 19.2. The second kappa shape index (κ2) is 15.0. The zero-order valence-electron chi connectivity index (χ0n) is 16.1. The summed E-state index contributed by atoms with van der Waals surface area (Å²) in [5.41, 5.74) is -0.737. The number of nitrogens with one attached hydrogen (secondary N) is 2. The molecular formula is C18H29F3IN3O2S. The Kier molecular flexibility index (Phi) is 14.6. The number of thioether (sulfide) groups is 1. The van der Waals surface area contributed by atoms with Gasteiger partial charge >= 0.3 is 6.18 Å². The second-order valence-electron chi connectivity index (χ2n) is 5.83. The van der Waals surface area contributed by atoms with E-state index in [0.29, 0.717) is 12.5 Å². The van der Waals surface area contributed by atoms with Gasteiger partial charge in [-0.3, -0.25) is 4.99 Å². The Morgan fingerprint density at radius 1 is 1.21 bits per heavy atom. The first-order valence-electron chi connectivity index (χ1n) is 8.86. The van der Waals surface area contributed by atoms with E-state index >= 15 is 0 Å². The predicted molar refractivity (Wildman–Crippen MR) is 120 cm³/mol. The minimum Gasteiger partial charge on any atom is -0.491 e. The summed E-state index contributed by atoms with van der Waals surface area (Å²) in [6.07, 6.45) is -1.01. The normalized spacial score (nSPS) is 12.9. The molecular weight excluding hydrogens is 506 g/mol. The SMILES string of the molecule is CCNC(=NCC(O)COc1ccc(C(F)(F)F)cc1)NCCCCSC.I. The molecule has 1 aromatic rings. The molecule has 5 nitrogen and oxygen atoms in total. The number of ether oxygens (including phenoxy) is 1. The fourth-order valence-electron chi connectivity index (χ4n) is 2.10. The van der Waals surface area contributed by atoms with Crippen LogP contribution in [-0.2, 0) is 6.18 Å². The molecule has 0 aliphatic carbocycles. The van der Waals surface area contributed by atoms with Crippen molar-refractivity contribution in [1.29, 1.82) is 0 Å². The molecule has 1 rings (SSSR count). The van der Waals surface area contributed by atoms with E-state index in [-0.39, 0.29) is 42.9 Å². The number of rotatable bonds is 11. The Hall–Kier alpha value is -0.880. The van der Waals surface area contributed by atoms with E-state index in [1.54, 1.807) is 0 Å². The maximum Gasteiger partial charge on any atom is 0.416 e. The molecule has 0 aromatic heterocycles. The molecule has 0 spiro atoms. The first kappa shape index (κ1) is 27.1. The number of unbranched alkanes of at least 4 members (excludes halogenated alkanes) is 1. The molecule has 0 amide bonds. The van der Waals surface area contributed by atoms with Crippen LogP contribution in [0.3, 0.4) is 0 Å². The Labute approximate surface area is 185 Å². The van der Waals surface area contributed by atoms with Crippen LogP contribution < -0.4 is 15.4 Å². The van der Waals surface area contributed by atoms with Gasteiger partial charge in [0.1, 0.15) is 18.5 Å². The van der Waals surface area contributed by atoms with E-state index in [1.807, 2.05) is 18.7 Å². The fourth-order valence-corrected chi connectivity index (χ4v) is 2.59. The van der Waals surface area contributed by atoms with Crippen LogP contribution in [0.15, 0.2) is 29.3 Å². The summed E-state index contributed by atoms with van der Waals surface area (Å²) in [4.78, 5) is 4.30. The van der Waals surface area contributed by atoms with Crippen molar-refractivity contribution in [3.05, 3.63) is 29.8 Å². The third kappa shape index (κ3) is 11.8. The Morgan fingerprint density at radius 2 is 1.89 bits per heavy atom. The summed E-state index contributed by atoms with van der Waals surface area (Å²) in [5, 5.41) is 16.3. The van der Waals surface area contributed by atoms with Crippen molar-refractivity contribution in [2.24, 2.45) is 4.99 Å². The molecule has 10 heteroatoms. The Morgan fingerprint density at radius 3 is 2.46 bits per heavy atom. The average molecular weight is 535 g/mol. The van der Waals surface area contributed by atoms with Crippen molar-refractivity contribution in [3.63, 3.8) is 0 Å². The number of halogens is 4. The first-order valence-corrected chi connectivity index (χ1v) is 10.3. The Balaban J connectivity index is 0.00000729. The molecule has 28 heavy (non-hydrogen) atoms. The highest BCUT2D eigenvalue weighted by Gasteiger charge is 2.30. The largest absolute Gasteiger partial charge is 0.491 e. The molecule has 1 atom stereocenters. The molecule has 1 aromatic carbocycles. The lowest BCUT2D eigenvalue weighted by Crippen LogP contribution is -2.38. The van der Waals surface area contributed by atoms with Crippen LogP contribution >= 0.6 is 35.7 Å². The molecule has 0 saturated carbocycles. The number of alkyl halides is 3. The molecule has 0 aliphatic heterocycles. The highest BCUT2D eigenvalue weighted by atomic mass is 127. The van der Waals surface area contributed by atoms with Gasteiger partial charge in [-0.1, -0.05) is 0 Å². The maximum atomic E-state index is 12.5. The van der Waals surface area contributed by atoms with E-state index in [0.717, 1.165) is 37.3 Å². The molecule has 3 N–H and O–H groups in total. The van der Waals surface area contributed by atoms with Crippen molar-refractivity contribution >= 4 is 41.7 Å². The fraction of sp³-hybridized carbons (Fsp3) is 0.611. The average Bonchev–Trinajstić information content (AvgIpc) is 2.63. The van der Waals surface area contributed by atoms with E-state index in [9.17, 15) is 18.3 Å². The van der Waals surface area contributed by atoms with Gasteiger partial charge in [-0.05, 0) is 56.0 Å². The number of nitrogens with zero attached hydrogens (tertiary/aromatic N) is 1. The van der Waals surface area contributed by atoms with Crippen molar-refractivity contribution in [1.82, 2.24) is 10.6 Å². The number of aliphatic hydroxyl groups excluding tert-OH is 1. The van der Waals surface area contributed by atoms with Crippen molar-refractivity contribution in [3.8, 4) is 5.75 Å². The van der Waals surface area contributed by atoms with Gasteiger partial charge in [0.05, 0.1) is 12.1 Å². The van der Waals surface area contributed by atoms with Crippen molar-refractivity contribution in [2.75, 3.05) is 38.2 Å². The minimum absolute atomic E-state index is 0. The molecule has 0 heterocycles. The summed E-state index contributed by atoms with van der Waals surface area (Å²) in [6.45, 7) is 3.52. The van der Waals surface area contributed by atoms with E-state index < -0.39 is 17.8 Å². The standard InChI is InChI=1S/C18H28F3N3O2S.HI/c1-3-22-17(23-10-4-5-11-27-2)24-12-15(25)13-26-16-8-6-14(7-9-16)18(19,20)21;/h6-9,15,25H,3-5,10-13H2,1-2H3,(H2,22,23,24);1H. The molecule has 0 radical (unpaired) electrons. The molecule has 0 aliphatic rings. The molecule has 162 valence electrons. The number of benzene rings is 1. The van der Waals surface area contributed by atoms with Gasteiger partial charge in [-0.15, -0.1) is 24.0 Å². The van der Waals surface area contributed by atoms with Gasteiger partial charge in [-0.2, -0.15) is 24.9 Å². The van der Waals surface area contributed by atoms with Gasteiger partial charge in [0.15, 0.2) is 5.96 Å². The number of hydrogen-bond donors (Lipinski definition) is 3. The van der Waals surface area contributed by atoms with Gasteiger partial charge in [0.2, 0.25) is 0 Å². The summed E-state index contributed by atoms with van der Waals surface area (Å²) < 4.78 is 42.9. The number of aliphatic imine (C=N–C) groups is 1. The number of hydrogen-bond acceptors (Lipinski definition) is 4. The van der Waals surface area contributed by atoms with Crippen LogP contribution in [0, 0.1) is 0 Å². The minimum atomic E-state index is -4.38. The summed E-state index contributed by atoms with van der Waals surface area (Å²) in [7, 11) is 0. The zero-order chi connectivity index (χ0) is 20.1. The number of guanidine groups is 1. The van der Waals surface area contributed by atoms with Crippen LogP contribution in [0.1, 0.15) is 25.3 Å². The first-order chi connectivity index (χ1) is 12.9. The monoisotopic (exact) mass is 535 g/mol. The predicted octanol–water partition coefficient (Wildman–Crippen LogP) is 3.76. The summed E-state index contributed by atoms with van der Waals surface area (Å²) >= 11 is 1.81. The third-order valence-corrected chi connectivity index (χ3v) is 4.19. The van der Waals surface area contributed by atoms with Crippen LogP contribution in [0.25, 0.3) is 0 Å². The smallest absolute Gasteiger partial charge is 0.416 e. The summed E-state index contributed by atoms with van der Waals surface area (Å²) in [6, 6.07) is 4.37. The lowest BCUT2D eigenvalue weighted by molar-refractivity contribution is -0.137. The lowest BCUT2D eigenvalue weighted by atomic mass is 10.2. The van der Waals surface area contributed by atoms with Gasteiger partial charge in [0.25, 0.3) is 0 Å². The van der Waals surface area contributed by atoms with E-state index in [4.69, 9.17) is 4.74 Å². The molecule has 1 unspecified atom stereocenters. The second-order valence-corrected chi connectivity index (χ2v) is 6.82. The molecule has 0 fully saturated rings. The molecule has 0 saturated heterocycles. The summed E-state index contributed by atoms with van der Waals surface area (Å²) in [5.74, 6) is 2.01. The third-order valence-electron chi connectivity index (χ3n) is 3.50. The van der Waals surface area contributed by atoms with Crippen LogP contribution in [0.5, 0.6) is 5.75 Å². The van der Waals surface area contributed by atoms with Crippen LogP contribution in [0.2, 0.25) is 0 Å². The highest BCUT2D eigenvalue weighted by molar-refractivity contribution is 14.0. The van der Waals surface area contributed by atoms with Gasteiger partial charge in [0, 0.05) is 13.1 Å².